The summed E-state index contributed by atoms with van der Waals surface area (Å²) >= 11 is 0. The van der Waals surface area contributed by atoms with Crippen LogP contribution in [0.2, 0.25) is 0 Å². The average Bonchev–Trinajstić information content (AvgIpc) is 3.18. The van der Waals surface area contributed by atoms with Gasteiger partial charge in [0.05, 0.1) is 11.8 Å². The van der Waals surface area contributed by atoms with E-state index in [2.05, 4.69) is 48.9 Å². The number of hydrogen-bond acceptors (Lipinski definition) is 6. The molecule has 0 aromatic rings. The number of nitrogens with zero attached hydrogens (tertiary/aromatic N) is 3. The molecule has 2 N–H and O–H groups in total. The Kier molecular flexibility index (Phi) is 7.39. The lowest BCUT2D eigenvalue weighted by molar-refractivity contribution is -0.0429. The first-order chi connectivity index (χ1) is 16.7. The first-order valence-electron chi connectivity index (χ1n) is 14.3. The van der Waals surface area contributed by atoms with Crippen LogP contribution in [0.25, 0.3) is 0 Å². The Morgan fingerprint density at radius 1 is 1.11 bits per heavy atom. The molecule has 35 heavy (non-hydrogen) atoms. The van der Waals surface area contributed by atoms with E-state index < -0.39 is 6.10 Å². The number of likely N-dealkylation sites (N-methyl/N-ethyl adjacent to an activating group) is 1. The molecule has 4 aliphatic carbocycles. The standard InChI is InChI=1S/C29H49N3O3/c1-20(30-35-19-23(34)18-32-15-13-31(4)14-16-32)25-7-8-26-24-6-5-21-17-22(33)9-11-28(21,2)27(24)10-12-29(25,26)3/h5,22-27,33-34H,6-19H2,1-4H3/t22-,23?,24-,25+,26-,27-,28-,29+/m0/s1. The molecular formula is C29H49N3O3. The molecule has 1 heterocycles. The molecule has 0 amide bonds. The highest BCUT2D eigenvalue weighted by atomic mass is 16.6. The normalized spacial score (nSPS) is 43.7. The lowest BCUT2D eigenvalue weighted by Gasteiger charge is -2.58. The van der Waals surface area contributed by atoms with Gasteiger partial charge in [0.1, 0.15) is 12.7 Å². The van der Waals surface area contributed by atoms with E-state index in [1.807, 2.05) is 0 Å². The zero-order valence-corrected chi connectivity index (χ0v) is 22.6. The molecule has 0 bridgehead atoms. The Morgan fingerprint density at radius 2 is 1.89 bits per heavy atom. The van der Waals surface area contributed by atoms with Crippen molar-refractivity contribution in [2.45, 2.75) is 84.3 Å². The van der Waals surface area contributed by atoms with Gasteiger partial charge in [-0.3, -0.25) is 4.90 Å². The van der Waals surface area contributed by atoms with Crippen LogP contribution in [0, 0.1) is 34.5 Å². The number of hydrogen-bond donors (Lipinski definition) is 2. The van der Waals surface area contributed by atoms with E-state index in [1.165, 1.54) is 32.1 Å². The molecular weight excluding hydrogens is 438 g/mol. The van der Waals surface area contributed by atoms with Gasteiger partial charge in [0.15, 0.2) is 0 Å². The van der Waals surface area contributed by atoms with Crippen LogP contribution in [0.5, 0.6) is 0 Å². The van der Waals surface area contributed by atoms with Gasteiger partial charge in [-0.25, -0.2) is 0 Å². The van der Waals surface area contributed by atoms with Crippen molar-refractivity contribution in [3.8, 4) is 0 Å². The minimum Gasteiger partial charge on any atom is -0.393 e. The molecule has 5 rings (SSSR count). The summed E-state index contributed by atoms with van der Waals surface area (Å²) in [6.45, 7) is 12.3. The van der Waals surface area contributed by atoms with E-state index in [-0.39, 0.29) is 12.7 Å². The van der Waals surface area contributed by atoms with Gasteiger partial charge in [-0.2, -0.15) is 0 Å². The molecule has 3 saturated carbocycles. The van der Waals surface area contributed by atoms with Crippen molar-refractivity contribution >= 4 is 5.71 Å². The summed E-state index contributed by atoms with van der Waals surface area (Å²) in [5.74, 6) is 2.77. The number of aliphatic hydroxyl groups excluding tert-OH is 2. The molecule has 6 heteroatoms. The van der Waals surface area contributed by atoms with E-state index in [4.69, 9.17) is 4.84 Å². The Labute approximate surface area is 212 Å². The molecule has 8 atom stereocenters. The van der Waals surface area contributed by atoms with Gasteiger partial charge in [0.2, 0.25) is 0 Å². The van der Waals surface area contributed by atoms with Crippen LogP contribution < -0.4 is 0 Å². The maximum absolute atomic E-state index is 10.5. The van der Waals surface area contributed by atoms with Crippen molar-refractivity contribution in [2.75, 3.05) is 46.4 Å². The zero-order valence-electron chi connectivity index (χ0n) is 22.6. The Bertz CT molecular complexity index is 822. The molecule has 6 nitrogen and oxygen atoms in total. The van der Waals surface area contributed by atoms with Crippen LogP contribution >= 0.6 is 0 Å². The van der Waals surface area contributed by atoms with Crippen molar-refractivity contribution in [3.05, 3.63) is 11.6 Å². The van der Waals surface area contributed by atoms with Gasteiger partial charge < -0.3 is 20.0 Å². The maximum atomic E-state index is 10.5. The quantitative estimate of drug-likeness (QED) is 0.338. The summed E-state index contributed by atoms with van der Waals surface area (Å²) in [6.07, 6.45) is 11.2. The molecule has 0 aromatic carbocycles. The van der Waals surface area contributed by atoms with Crippen molar-refractivity contribution in [1.29, 1.82) is 0 Å². The number of β-amino-alcohol motifs (C(OH)–C–C–N with tert-alkyl or cyclic N) is 1. The third-order valence-electron chi connectivity index (χ3n) is 11.1. The largest absolute Gasteiger partial charge is 0.393 e. The average molecular weight is 488 g/mol. The topological polar surface area (TPSA) is 68.5 Å². The Morgan fingerprint density at radius 3 is 2.66 bits per heavy atom. The van der Waals surface area contributed by atoms with E-state index in [0.29, 0.717) is 23.3 Å². The number of allylic oxidation sites excluding steroid dienone is 1. The Balaban J connectivity index is 1.19. The van der Waals surface area contributed by atoms with Crippen molar-refractivity contribution in [2.24, 2.45) is 39.7 Å². The fourth-order valence-corrected chi connectivity index (χ4v) is 9.00. The second kappa shape index (κ2) is 10.1. The third kappa shape index (κ3) is 4.85. The molecule has 198 valence electrons. The molecule has 1 aliphatic heterocycles. The van der Waals surface area contributed by atoms with Crippen molar-refractivity contribution in [1.82, 2.24) is 9.80 Å². The minimum atomic E-state index is -0.490. The molecule has 1 unspecified atom stereocenters. The zero-order chi connectivity index (χ0) is 24.8. The highest BCUT2D eigenvalue weighted by Crippen LogP contribution is 2.66. The fraction of sp³-hybridized carbons (Fsp3) is 0.897. The highest BCUT2D eigenvalue weighted by molar-refractivity contribution is 5.85. The van der Waals surface area contributed by atoms with E-state index in [0.717, 1.165) is 68.9 Å². The smallest absolute Gasteiger partial charge is 0.144 e. The summed E-state index contributed by atoms with van der Waals surface area (Å²) in [6, 6.07) is 0. The summed E-state index contributed by atoms with van der Waals surface area (Å²) in [5.41, 5.74) is 3.27. The number of fused-ring (bicyclic) bond motifs is 5. The van der Waals surface area contributed by atoms with Crippen LogP contribution in [0.3, 0.4) is 0 Å². The molecule has 0 spiro atoms. The van der Waals surface area contributed by atoms with Gasteiger partial charge in [0, 0.05) is 38.6 Å². The van der Waals surface area contributed by atoms with Gasteiger partial charge in [-0.05, 0) is 93.9 Å². The van der Waals surface area contributed by atoms with Crippen LogP contribution in [0.1, 0.15) is 72.1 Å². The number of aliphatic hydroxyl groups is 2. The summed E-state index contributed by atoms with van der Waals surface area (Å²) in [7, 11) is 2.15. The first kappa shape index (κ1) is 25.7. The van der Waals surface area contributed by atoms with E-state index >= 15 is 0 Å². The molecule has 0 radical (unpaired) electrons. The predicted molar refractivity (Wildman–Crippen MR) is 140 cm³/mol. The monoisotopic (exact) mass is 487 g/mol. The van der Waals surface area contributed by atoms with Crippen molar-refractivity contribution in [3.63, 3.8) is 0 Å². The molecule has 0 aromatic heterocycles. The first-order valence-corrected chi connectivity index (χ1v) is 14.3. The molecule has 5 aliphatic rings. The van der Waals surface area contributed by atoms with Gasteiger partial charge in [0.25, 0.3) is 0 Å². The molecule has 1 saturated heterocycles. The van der Waals surface area contributed by atoms with Crippen LogP contribution in [0.15, 0.2) is 16.8 Å². The third-order valence-corrected chi connectivity index (χ3v) is 11.1. The maximum Gasteiger partial charge on any atom is 0.144 e. The van der Waals surface area contributed by atoms with Crippen molar-refractivity contribution < 1.29 is 15.1 Å². The predicted octanol–water partition coefficient (Wildman–Crippen LogP) is 3.93. The lowest BCUT2D eigenvalue weighted by atomic mass is 9.47. The number of rotatable bonds is 6. The van der Waals surface area contributed by atoms with E-state index in [9.17, 15) is 10.2 Å². The summed E-state index contributed by atoms with van der Waals surface area (Å²) in [5, 5.41) is 25.3. The second-order valence-corrected chi connectivity index (χ2v) is 13.1. The SMILES string of the molecule is CC(=NOCC(O)CN1CCN(C)CC1)[C@H]1CC[C@H]2[C@@H]3CC=C4C[C@@H](O)CC[C@]4(C)[C@H]3CC[C@]12C. The second-order valence-electron chi connectivity index (χ2n) is 13.1. The number of oxime groups is 1. The summed E-state index contributed by atoms with van der Waals surface area (Å²) < 4.78 is 0. The van der Waals surface area contributed by atoms with Crippen LogP contribution in [0.4, 0.5) is 0 Å². The summed E-state index contributed by atoms with van der Waals surface area (Å²) in [4.78, 5) is 10.4. The van der Waals surface area contributed by atoms with Gasteiger partial charge in [-0.15, -0.1) is 0 Å². The number of piperazine rings is 1. The van der Waals surface area contributed by atoms with Gasteiger partial charge >= 0.3 is 0 Å². The van der Waals surface area contributed by atoms with Crippen LogP contribution in [-0.4, -0.2) is 84.3 Å². The van der Waals surface area contributed by atoms with Gasteiger partial charge in [-0.1, -0.05) is 30.7 Å². The Hall–Kier alpha value is -0.950. The lowest BCUT2D eigenvalue weighted by Crippen LogP contribution is -2.50. The minimum absolute atomic E-state index is 0.130. The fourth-order valence-electron chi connectivity index (χ4n) is 9.00. The van der Waals surface area contributed by atoms with Crippen LogP contribution in [-0.2, 0) is 4.84 Å². The van der Waals surface area contributed by atoms with E-state index in [1.54, 1.807) is 5.57 Å². The highest BCUT2D eigenvalue weighted by Gasteiger charge is 2.59. The molecule has 4 fully saturated rings.